The lowest BCUT2D eigenvalue weighted by atomic mass is 10.2. The molecule has 0 unspecified atom stereocenters. The molecule has 0 fully saturated rings. The Balaban J connectivity index is 1.95. The van der Waals surface area contributed by atoms with Crippen LogP contribution in [-0.4, -0.2) is 4.98 Å². The van der Waals surface area contributed by atoms with E-state index in [1.165, 1.54) is 5.56 Å². The molecular weight excluding hydrogens is 192 g/mol. The van der Waals surface area contributed by atoms with Crippen molar-refractivity contribution in [2.75, 3.05) is 5.32 Å². The molecule has 0 saturated carbocycles. The monoisotopic (exact) mass is 204 g/mol. The zero-order valence-corrected chi connectivity index (χ0v) is 8.84. The molecule has 0 radical (unpaired) electrons. The minimum absolute atomic E-state index is 0.837. The maximum Gasteiger partial charge on any atom is 0.137 e. The molecule has 1 heterocycles. The fourth-order valence-corrected chi connectivity index (χ4v) is 1.80. The second-order valence-corrected chi connectivity index (χ2v) is 4.15. The summed E-state index contributed by atoms with van der Waals surface area (Å²) in [7, 11) is 0. The Morgan fingerprint density at radius 3 is 2.71 bits per heavy atom. The van der Waals surface area contributed by atoms with Crippen LogP contribution in [-0.2, 0) is 6.54 Å². The number of nitrogens with zero attached hydrogens (tertiary/aromatic N) is 1. The van der Waals surface area contributed by atoms with Crippen LogP contribution < -0.4 is 5.32 Å². The van der Waals surface area contributed by atoms with Gasteiger partial charge in [-0.2, -0.15) is 0 Å². The summed E-state index contributed by atoms with van der Waals surface area (Å²) in [6, 6.07) is 10.3. The fraction of sp³-hybridized carbons (Fsp3) is 0.182. The quantitative estimate of drug-likeness (QED) is 0.831. The molecule has 1 aromatic carbocycles. The van der Waals surface area contributed by atoms with Gasteiger partial charge in [-0.15, -0.1) is 11.3 Å². The highest BCUT2D eigenvalue weighted by Gasteiger charge is 1.96. The smallest absolute Gasteiger partial charge is 0.137 e. The van der Waals surface area contributed by atoms with Gasteiger partial charge in [0.1, 0.15) is 5.82 Å². The number of benzene rings is 1. The molecule has 2 nitrogen and oxygen atoms in total. The molecule has 0 saturated heterocycles. The summed E-state index contributed by atoms with van der Waals surface area (Å²) in [5, 5.41) is 6.42. The minimum Gasteiger partial charge on any atom is -0.365 e. The molecule has 0 spiro atoms. The van der Waals surface area contributed by atoms with Crippen molar-refractivity contribution in [3.8, 4) is 0 Å². The first kappa shape index (κ1) is 9.21. The second kappa shape index (κ2) is 4.24. The van der Waals surface area contributed by atoms with E-state index in [9.17, 15) is 0 Å². The molecule has 0 aliphatic rings. The van der Waals surface area contributed by atoms with Gasteiger partial charge < -0.3 is 5.32 Å². The van der Waals surface area contributed by atoms with E-state index in [0.29, 0.717) is 0 Å². The van der Waals surface area contributed by atoms with E-state index >= 15 is 0 Å². The van der Waals surface area contributed by atoms with Gasteiger partial charge in [0.2, 0.25) is 0 Å². The number of hydrogen-bond donors (Lipinski definition) is 1. The molecule has 1 N–H and O–H groups in total. The lowest BCUT2D eigenvalue weighted by Crippen LogP contribution is -1.98. The van der Waals surface area contributed by atoms with Gasteiger partial charge in [0, 0.05) is 11.9 Å². The Labute approximate surface area is 87.6 Å². The van der Waals surface area contributed by atoms with E-state index in [1.807, 2.05) is 30.5 Å². The number of hydrogen-bond acceptors (Lipinski definition) is 3. The van der Waals surface area contributed by atoms with Crippen molar-refractivity contribution in [3.63, 3.8) is 0 Å². The molecular formula is C11H12N2S. The average molecular weight is 204 g/mol. The Kier molecular flexibility index (Phi) is 2.79. The first-order valence-electron chi connectivity index (χ1n) is 4.54. The van der Waals surface area contributed by atoms with Crippen molar-refractivity contribution in [2.24, 2.45) is 0 Å². The lowest BCUT2D eigenvalue weighted by molar-refractivity contribution is 1.11. The zero-order valence-electron chi connectivity index (χ0n) is 8.03. The van der Waals surface area contributed by atoms with Crippen LogP contribution in [0.5, 0.6) is 0 Å². The highest BCUT2D eigenvalue weighted by atomic mass is 32.1. The summed E-state index contributed by atoms with van der Waals surface area (Å²) in [5.74, 6) is 0.969. The number of thiazole rings is 1. The number of nitrogens with one attached hydrogen (secondary N) is 1. The summed E-state index contributed by atoms with van der Waals surface area (Å²) < 4.78 is 0. The third-order valence-corrected chi connectivity index (χ3v) is 2.71. The molecule has 1 aromatic heterocycles. The Hall–Kier alpha value is -1.35. The van der Waals surface area contributed by atoms with Gasteiger partial charge in [0.05, 0.1) is 5.01 Å². The van der Waals surface area contributed by atoms with Gasteiger partial charge in [-0.25, -0.2) is 4.98 Å². The lowest BCUT2D eigenvalue weighted by Gasteiger charge is -2.01. The average Bonchev–Trinajstić information content (AvgIpc) is 2.63. The van der Waals surface area contributed by atoms with Crippen LogP contribution in [0.3, 0.4) is 0 Å². The summed E-state index contributed by atoms with van der Waals surface area (Å²) in [5.41, 5.74) is 1.28. The van der Waals surface area contributed by atoms with Crippen LogP contribution >= 0.6 is 11.3 Å². The molecule has 0 aliphatic heterocycles. The van der Waals surface area contributed by atoms with Crippen molar-refractivity contribution < 1.29 is 0 Å². The Morgan fingerprint density at radius 1 is 1.29 bits per heavy atom. The molecule has 2 aromatic rings. The van der Waals surface area contributed by atoms with Crippen LogP contribution in [0.1, 0.15) is 10.6 Å². The molecule has 14 heavy (non-hydrogen) atoms. The Bertz CT molecular complexity index is 395. The SMILES string of the molecule is Cc1nc(NCc2ccccc2)cs1. The predicted octanol–water partition coefficient (Wildman–Crippen LogP) is 3.06. The summed E-state index contributed by atoms with van der Waals surface area (Å²) in [4.78, 5) is 4.33. The van der Waals surface area contributed by atoms with Crippen LogP contribution in [0, 0.1) is 6.92 Å². The van der Waals surface area contributed by atoms with Crippen molar-refractivity contribution in [1.82, 2.24) is 4.98 Å². The van der Waals surface area contributed by atoms with Crippen molar-refractivity contribution in [3.05, 3.63) is 46.3 Å². The van der Waals surface area contributed by atoms with Gasteiger partial charge in [-0.05, 0) is 12.5 Å². The zero-order chi connectivity index (χ0) is 9.80. The van der Waals surface area contributed by atoms with Gasteiger partial charge in [-0.1, -0.05) is 30.3 Å². The normalized spacial score (nSPS) is 10.1. The predicted molar refractivity (Wildman–Crippen MR) is 60.6 cm³/mol. The van der Waals surface area contributed by atoms with Gasteiger partial charge in [-0.3, -0.25) is 0 Å². The molecule has 0 aliphatic carbocycles. The topological polar surface area (TPSA) is 24.9 Å². The number of rotatable bonds is 3. The van der Waals surface area contributed by atoms with Crippen molar-refractivity contribution in [2.45, 2.75) is 13.5 Å². The third-order valence-electron chi connectivity index (χ3n) is 1.94. The van der Waals surface area contributed by atoms with E-state index in [2.05, 4.69) is 22.4 Å². The molecule has 3 heteroatoms. The number of aromatic nitrogens is 1. The number of anilines is 1. The molecule has 0 atom stereocenters. The van der Waals surface area contributed by atoms with E-state index in [4.69, 9.17) is 0 Å². The van der Waals surface area contributed by atoms with Crippen LogP contribution in [0.4, 0.5) is 5.82 Å². The van der Waals surface area contributed by atoms with Crippen LogP contribution in [0.25, 0.3) is 0 Å². The Morgan fingerprint density at radius 2 is 2.07 bits per heavy atom. The second-order valence-electron chi connectivity index (χ2n) is 3.09. The van der Waals surface area contributed by atoms with Crippen LogP contribution in [0.2, 0.25) is 0 Å². The van der Waals surface area contributed by atoms with E-state index < -0.39 is 0 Å². The van der Waals surface area contributed by atoms with E-state index in [-0.39, 0.29) is 0 Å². The van der Waals surface area contributed by atoms with Crippen molar-refractivity contribution in [1.29, 1.82) is 0 Å². The fourth-order valence-electron chi connectivity index (χ4n) is 1.23. The minimum atomic E-state index is 0.837. The van der Waals surface area contributed by atoms with Gasteiger partial charge in [0.25, 0.3) is 0 Å². The van der Waals surface area contributed by atoms with Crippen molar-refractivity contribution >= 4 is 17.2 Å². The largest absolute Gasteiger partial charge is 0.365 e. The van der Waals surface area contributed by atoms with Gasteiger partial charge in [0.15, 0.2) is 0 Å². The molecule has 0 bridgehead atoms. The summed E-state index contributed by atoms with van der Waals surface area (Å²) >= 11 is 1.67. The summed E-state index contributed by atoms with van der Waals surface area (Å²) in [6.45, 7) is 2.85. The highest BCUT2D eigenvalue weighted by molar-refractivity contribution is 7.09. The van der Waals surface area contributed by atoms with Gasteiger partial charge >= 0.3 is 0 Å². The summed E-state index contributed by atoms with van der Waals surface area (Å²) in [6.07, 6.45) is 0. The molecule has 72 valence electrons. The van der Waals surface area contributed by atoms with E-state index in [1.54, 1.807) is 11.3 Å². The maximum absolute atomic E-state index is 4.33. The molecule has 0 amide bonds. The van der Waals surface area contributed by atoms with E-state index in [0.717, 1.165) is 17.4 Å². The first-order chi connectivity index (χ1) is 6.84. The first-order valence-corrected chi connectivity index (χ1v) is 5.42. The maximum atomic E-state index is 4.33. The number of aryl methyl sites for hydroxylation is 1. The molecule has 2 rings (SSSR count). The van der Waals surface area contributed by atoms with Crippen LogP contribution in [0.15, 0.2) is 35.7 Å². The highest BCUT2D eigenvalue weighted by Crippen LogP contribution is 2.13. The third kappa shape index (κ3) is 2.33. The standard InChI is InChI=1S/C11H12N2S/c1-9-13-11(8-14-9)12-7-10-5-3-2-4-6-10/h2-6,8,12H,7H2,1H3.